The number of aromatic nitrogens is 2. The van der Waals surface area contributed by atoms with Gasteiger partial charge in [-0.15, -0.1) is 0 Å². The van der Waals surface area contributed by atoms with Crippen LogP contribution in [0.15, 0.2) is 60.7 Å². The van der Waals surface area contributed by atoms with Crippen molar-refractivity contribution < 1.29 is 4.74 Å². The first-order valence-electron chi connectivity index (χ1n) is 8.26. The minimum Gasteiger partial charge on any atom is -0.497 e. The molecule has 2 aromatic carbocycles. The Morgan fingerprint density at radius 3 is 2.20 bits per heavy atom. The van der Waals surface area contributed by atoms with Crippen LogP contribution in [0.25, 0.3) is 11.4 Å². The second kappa shape index (κ2) is 7.66. The molecule has 1 heterocycles. The van der Waals surface area contributed by atoms with E-state index in [4.69, 9.17) is 4.74 Å². The molecule has 5 nitrogen and oxygen atoms in total. The van der Waals surface area contributed by atoms with Gasteiger partial charge in [0.1, 0.15) is 17.4 Å². The van der Waals surface area contributed by atoms with Crippen LogP contribution in [0, 0.1) is 0 Å². The molecular formula is C20H22N4O. The number of ether oxygens (including phenoxy) is 1. The molecule has 0 spiro atoms. The van der Waals surface area contributed by atoms with E-state index in [9.17, 15) is 0 Å². The van der Waals surface area contributed by atoms with Crippen LogP contribution in [-0.4, -0.2) is 23.1 Å². The Morgan fingerprint density at radius 2 is 1.56 bits per heavy atom. The second-order valence-electron chi connectivity index (χ2n) is 5.98. The van der Waals surface area contributed by atoms with Gasteiger partial charge in [0.05, 0.1) is 7.11 Å². The zero-order valence-corrected chi connectivity index (χ0v) is 14.7. The molecule has 0 fully saturated rings. The summed E-state index contributed by atoms with van der Waals surface area (Å²) >= 11 is 0. The highest BCUT2D eigenvalue weighted by Gasteiger charge is 2.08. The fourth-order valence-corrected chi connectivity index (χ4v) is 2.42. The summed E-state index contributed by atoms with van der Waals surface area (Å²) in [5.41, 5.74) is 1.92. The molecule has 5 heteroatoms. The lowest BCUT2D eigenvalue weighted by atomic mass is 10.2. The van der Waals surface area contributed by atoms with Crippen LogP contribution in [0.2, 0.25) is 0 Å². The van der Waals surface area contributed by atoms with Gasteiger partial charge >= 0.3 is 0 Å². The molecule has 1 aromatic heterocycles. The molecule has 0 radical (unpaired) electrons. The van der Waals surface area contributed by atoms with E-state index in [-0.39, 0.29) is 6.04 Å². The van der Waals surface area contributed by atoms with Gasteiger partial charge in [0.15, 0.2) is 5.82 Å². The van der Waals surface area contributed by atoms with Gasteiger partial charge in [-0.2, -0.15) is 0 Å². The molecular weight excluding hydrogens is 312 g/mol. The molecule has 0 saturated heterocycles. The summed E-state index contributed by atoms with van der Waals surface area (Å²) in [4.78, 5) is 9.29. The lowest BCUT2D eigenvalue weighted by Crippen LogP contribution is -2.12. The fraction of sp³-hybridized carbons (Fsp3) is 0.200. The monoisotopic (exact) mass is 334 g/mol. The normalized spacial score (nSPS) is 10.6. The van der Waals surface area contributed by atoms with E-state index in [0.717, 1.165) is 28.6 Å². The molecule has 128 valence electrons. The Bertz CT molecular complexity index is 817. The quantitative estimate of drug-likeness (QED) is 0.683. The summed E-state index contributed by atoms with van der Waals surface area (Å²) in [5.74, 6) is 3.03. The Hall–Kier alpha value is -3.08. The van der Waals surface area contributed by atoms with E-state index in [1.165, 1.54) is 0 Å². The molecule has 0 aliphatic heterocycles. The maximum atomic E-state index is 5.20. The highest BCUT2D eigenvalue weighted by Crippen LogP contribution is 2.24. The fourth-order valence-electron chi connectivity index (χ4n) is 2.42. The minimum atomic E-state index is 0.285. The summed E-state index contributed by atoms with van der Waals surface area (Å²) in [6, 6.07) is 19.9. The first-order chi connectivity index (χ1) is 12.1. The highest BCUT2D eigenvalue weighted by molar-refractivity contribution is 5.65. The Labute approximate surface area is 148 Å². The topological polar surface area (TPSA) is 59.1 Å². The molecule has 0 bridgehead atoms. The summed E-state index contributed by atoms with van der Waals surface area (Å²) in [6.07, 6.45) is 0. The standard InChI is InChI=1S/C20H22N4O/c1-14(2)21-18-13-19(22-16-9-11-17(25-3)12-10-16)24-20(23-18)15-7-5-4-6-8-15/h4-14H,1-3H3,(H2,21,22,23,24). The van der Waals surface area contributed by atoms with Crippen molar-refractivity contribution in [2.24, 2.45) is 0 Å². The Morgan fingerprint density at radius 1 is 0.880 bits per heavy atom. The molecule has 0 aliphatic carbocycles. The summed E-state index contributed by atoms with van der Waals surface area (Å²) in [6.45, 7) is 4.17. The molecule has 0 unspecified atom stereocenters. The Kier molecular flexibility index (Phi) is 5.14. The molecule has 0 atom stereocenters. The van der Waals surface area contributed by atoms with Gasteiger partial charge < -0.3 is 15.4 Å². The van der Waals surface area contributed by atoms with Gasteiger partial charge in [-0.1, -0.05) is 30.3 Å². The van der Waals surface area contributed by atoms with Crippen LogP contribution >= 0.6 is 0 Å². The van der Waals surface area contributed by atoms with E-state index in [1.54, 1.807) is 7.11 Å². The van der Waals surface area contributed by atoms with Gasteiger partial charge in [0, 0.05) is 23.4 Å². The zero-order chi connectivity index (χ0) is 17.6. The van der Waals surface area contributed by atoms with Gasteiger partial charge in [0.25, 0.3) is 0 Å². The first-order valence-corrected chi connectivity index (χ1v) is 8.26. The number of anilines is 3. The van der Waals surface area contributed by atoms with Crippen LogP contribution in [-0.2, 0) is 0 Å². The van der Waals surface area contributed by atoms with E-state index in [0.29, 0.717) is 5.82 Å². The molecule has 0 aliphatic rings. The van der Waals surface area contributed by atoms with E-state index < -0.39 is 0 Å². The third kappa shape index (κ3) is 4.47. The van der Waals surface area contributed by atoms with E-state index in [2.05, 4.69) is 34.4 Å². The average Bonchev–Trinajstić information content (AvgIpc) is 2.62. The van der Waals surface area contributed by atoms with Crippen molar-refractivity contribution >= 4 is 17.3 Å². The van der Waals surface area contributed by atoms with Crippen molar-refractivity contribution in [3.8, 4) is 17.1 Å². The number of rotatable bonds is 6. The molecule has 0 saturated carbocycles. The van der Waals surface area contributed by atoms with Crippen LogP contribution in [0.1, 0.15) is 13.8 Å². The predicted octanol–water partition coefficient (Wildman–Crippen LogP) is 4.72. The summed E-state index contributed by atoms with van der Waals surface area (Å²) in [5, 5.41) is 6.68. The van der Waals surface area contributed by atoms with Gasteiger partial charge in [-0.25, -0.2) is 9.97 Å². The van der Waals surface area contributed by atoms with Gasteiger partial charge in [-0.05, 0) is 38.1 Å². The SMILES string of the molecule is COc1ccc(Nc2cc(NC(C)C)nc(-c3ccccc3)n2)cc1. The number of hydrogen-bond acceptors (Lipinski definition) is 5. The highest BCUT2D eigenvalue weighted by atomic mass is 16.5. The lowest BCUT2D eigenvalue weighted by molar-refractivity contribution is 0.415. The number of benzene rings is 2. The Balaban J connectivity index is 1.93. The van der Waals surface area contributed by atoms with Crippen LogP contribution in [0.4, 0.5) is 17.3 Å². The average molecular weight is 334 g/mol. The molecule has 25 heavy (non-hydrogen) atoms. The third-order valence-electron chi connectivity index (χ3n) is 3.56. The second-order valence-corrected chi connectivity index (χ2v) is 5.98. The van der Waals surface area contributed by atoms with Gasteiger partial charge in [-0.3, -0.25) is 0 Å². The molecule has 0 amide bonds. The number of nitrogens with one attached hydrogen (secondary N) is 2. The van der Waals surface area contributed by atoms with Crippen molar-refractivity contribution in [3.05, 3.63) is 60.7 Å². The van der Waals surface area contributed by atoms with Crippen molar-refractivity contribution in [1.29, 1.82) is 0 Å². The minimum absolute atomic E-state index is 0.285. The van der Waals surface area contributed by atoms with Crippen LogP contribution in [0.5, 0.6) is 5.75 Å². The first kappa shape index (κ1) is 16.8. The molecule has 2 N–H and O–H groups in total. The van der Waals surface area contributed by atoms with Crippen molar-refractivity contribution in [2.45, 2.75) is 19.9 Å². The van der Waals surface area contributed by atoms with Crippen molar-refractivity contribution in [3.63, 3.8) is 0 Å². The van der Waals surface area contributed by atoms with E-state index >= 15 is 0 Å². The largest absolute Gasteiger partial charge is 0.497 e. The van der Waals surface area contributed by atoms with Crippen LogP contribution < -0.4 is 15.4 Å². The summed E-state index contributed by atoms with van der Waals surface area (Å²) in [7, 11) is 1.66. The van der Waals surface area contributed by atoms with Crippen molar-refractivity contribution in [1.82, 2.24) is 9.97 Å². The molecule has 3 rings (SSSR count). The van der Waals surface area contributed by atoms with E-state index in [1.807, 2.05) is 60.7 Å². The zero-order valence-electron chi connectivity index (χ0n) is 14.7. The molecule has 3 aromatic rings. The van der Waals surface area contributed by atoms with Crippen molar-refractivity contribution in [2.75, 3.05) is 17.7 Å². The predicted molar refractivity (Wildman–Crippen MR) is 103 cm³/mol. The summed E-state index contributed by atoms with van der Waals surface area (Å²) < 4.78 is 5.20. The smallest absolute Gasteiger partial charge is 0.163 e. The number of hydrogen-bond donors (Lipinski definition) is 2. The third-order valence-corrected chi connectivity index (χ3v) is 3.56. The maximum Gasteiger partial charge on any atom is 0.163 e. The lowest BCUT2D eigenvalue weighted by Gasteiger charge is -2.13. The maximum absolute atomic E-state index is 5.20. The number of methoxy groups -OCH3 is 1. The van der Waals surface area contributed by atoms with Crippen LogP contribution in [0.3, 0.4) is 0 Å². The van der Waals surface area contributed by atoms with Gasteiger partial charge in [0.2, 0.25) is 0 Å². The number of nitrogens with zero attached hydrogens (tertiary/aromatic N) is 2.